The lowest BCUT2D eigenvalue weighted by atomic mass is 10.0. The van der Waals surface area contributed by atoms with E-state index in [1.165, 1.54) is 17.0 Å². The van der Waals surface area contributed by atoms with Gasteiger partial charge in [-0.2, -0.15) is 0 Å². The zero-order chi connectivity index (χ0) is 9.30. The van der Waals surface area contributed by atoms with Gasteiger partial charge in [-0.05, 0) is 30.9 Å². The van der Waals surface area contributed by atoms with Gasteiger partial charge in [-0.1, -0.05) is 20.8 Å². The number of aromatic nitrogens is 1. The molecule has 0 spiro atoms. The Morgan fingerprint density at radius 3 is 2.25 bits per heavy atom. The van der Waals surface area contributed by atoms with Crippen LogP contribution in [0.5, 0.6) is 0 Å². The maximum Gasteiger partial charge on any atom is 0.0178 e. The van der Waals surface area contributed by atoms with Gasteiger partial charge in [0.2, 0.25) is 0 Å². The summed E-state index contributed by atoms with van der Waals surface area (Å²) in [7, 11) is 2.15. The molecule has 0 saturated heterocycles. The van der Waals surface area contributed by atoms with E-state index in [9.17, 15) is 0 Å². The molecule has 0 N–H and O–H groups in total. The van der Waals surface area contributed by atoms with Crippen LogP contribution in [-0.4, -0.2) is 4.57 Å². The summed E-state index contributed by atoms with van der Waals surface area (Å²) in [4.78, 5) is 0. The Kier molecular flexibility index (Phi) is 2.61. The lowest BCUT2D eigenvalue weighted by Crippen LogP contribution is -1.97. The second kappa shape index (κ2) is 3.34. The van der Waals surface area contributed by atoms with Crippen molar-refractivity contribution >= 4 is 0 Å². The minimum Gasteiger partial charge on any atom is -0.352 e. The minimum absolute atomic E-state index is 0.650. The first-order valence-electron chi connectivity index (χ1n) is 4.73. The quantitative estimate of drug-likeness (QED) is 0.635. The molecule has 12 heavy (non-hydrogen) atoms. The number of rotatable bonds is 2. The molecule has 0 aliphatic carbocycles. The third-order valence-electron chi connectivity index (χ3n) is 2.66. The third-order valence-corrected chi connectivity index (χ3v) is 2.66. The standard InChI is InChI=1S/C11H19N/c1-6-10-7-11(8(2)3)9(4)12(10)5/h7-8H,6H2,1-5H3. The fourth-order valence-corrected chi connectivity index (χ4v) is 1.71. The van der Waals surface area contributed by atoms with Crippen LogP contribution in [0.4, 0.5) is 0 Å². The van der Waals surface area contributed by atoms with Crippen molar-refractivity contribution in [1.29, 1.82) is 0 Å². The van der Waals surface area contributed by atoms with Gasteiger partial charge in [0.25, 0.3) is 0 Å². The molecular weight excluding hydrogens is 146 g/mol. The van der Waals surface area contributed by atoms with Crippen LogP contribution < -0.4 is 0 Å². The Bertz CT molecular complexity index is 269. The summed E-state index contributed by atoms with van der Waals surface area (Å²) in [5.74, 6) is 0.650. The molecule has 0 atom stereocenters. The van der Waals surface area contributed by atoms with E-state index in [-0.39, 0.29) is 0 Å². The summed E-state index contributed by atoms with van der Waals surface area (Å²) < 4.78 is 2.30. The molecule has 1 heteroatoms. The van der Waals surface area contributed by atoms with Gasteiger partial charge < -0.3 is 4.57 Å². The normalized spacial score (nSPS) is 11.2. The summed E-state index contributed by atoms with van der Waals surface area (Å²) in [6, 6.07) is 2.33. The van der Waals surface area contributed by atoms with Crippen LogP contribution in [-0.2, 0) is 13.5 Å². The predicted molar refractivity (Wildman–Crippen MR) is 53.6 cm³/mol. The molecule has 0 bridgehead atoms. The zero-order valence-electron chi connectivity index (χ0n) is 8.81. The van der Waals surface area contributed by atoms with Crippen LogP contribution in [0.2, 0.25) is 0 Å². The number of nitrogens with zero attached hydrogens (tertiary/aromatic N) is 1. The monoisotopic (exact) mass is 165 g/mol. The Morgan fingerprint density at radius 2 is 2.00 bits per heavy atom. The van der Waals surface area contributed by atoms with Crippen molar-refractivity contribution in [2.24, 2.45) is 7.05 Å². The molecule has 1 aromatic rings. The average molecular weight is 165 g/mol. The Balaban J connectivity index is 3.16. The number of hydrogen-bond donors (Lipinski definition) is 0. The van der Waals surface area contributed by atoms with Crippen molar-refractivity contribution in [1.82, 2.24) is 4.57 Å². The first-order valence-corrected chi connectivity index (χ1v) is 4.73. The molecule has 1 heterocycles. The highest BCUT2D eigenvalue weighted by Gasteiger charge is 2.09. The van der Waals surface area contributed by atoms with Crippen LogP contribution in [0.25, 0.3) is 0 Å². The molecule has 0 saturated carbocycles. The van der Waals surface area contributed by atoms with Crippen molar-refractivity contribution < 1.29 is 0 Å². The molecule has 1 rings (SSSR count). The Hall–Kier alpha value is -0.720. The molecule has 68 valence electrons. The van der Waals surface area contributed by atoms with E-state index >= 15 is 0 Å². The molecule has 0 aromatic carbocycles. The largest absolute Gasteiger partial charge is 0.352 e. The van der Waals surface area contributed by atoms with Gasteiger partial charge in [-0.25, -0.2) is 0 Å². The van der Waals surface area contributed by atoms with Crippen LogP contribution in [0, 0.1) is 6.92 Å². The number of hydrogen-bond acceptors (Lipinski definition) is 0. The average Bonchev–Trinajstić information content (AvgIpc) is 2.30. The highest BCUT2D eigenvalue weighted by molar-refractivity contribution is 5.29. The second-order valence-electron chi connectivity index (χ2n) is 3.74. The summed E-state index contributed by atoms with van der Waals surface area (Å²) in [5.41, 5.74) is 4.35. The predicted octanol–water partition coefficient (Wildman–Crippen LogP) is 3.02. The topological polar surface area (TPSA) is 4.93 Å². The van der Waals surface area contributed by atoms with Crippen molar-refractivity contribution in [2.45, 2.75) is 40.0 Å². The lowest BCUT2D eigenvalue weighted by molar-refractivity contribution is 0.788. The van der Waals surface area contributed by atoms with Crippen molar-refractivity contribution in [2.75, 3.05) is 0 Å². The van der Waals surface area contributed by atoms with E-state index in [4.69, 9.17) is 0 Å². The summed E-state index contributed by atoms with van der Waals surface area (Å²) in [5, 5.41) is 0. The highest BCUT2D eigenvalue weighted by Crippen LogP contribution is 2.22. The van der Waals surface area contributed by atoms with Gasteiger partial charge in [-0.15, -0.1) is 0 Å². The zero-order valence-corrected chi connectivity index (χ0v) is 8.81. The van der Waals surface area contributed by atoms with Gasteiger partial charge in [0.15, 0.2) is 0 Å². The molecule has 0 fully saturated rings. The van der Waals surface area contributed by atoms with Gasteiger partial charge in [-0.3, -0.25) is 0 Å². The van der Waals surface area contributed by atoms with Crippen LogP contribution >= 0.6 is 0 Å². The Labute approximate surface area is 75.4 Å². The van der Waals surface area contributed by atoms with E-state index in [1.54, 1.807) is 0 Å². The third kappa shape index (κ3) is 1.40. The van der Waals surface area contributed by atoms with Crippen molar-refractivity contribution in [3.63, 3.8) is 0 Å². The fraction of sp³-hybridized carbons (Fsp3) is 0.636. The van der Waals surface area contributed by atoms with Crippen LogP contribution in [0.15, 0.2) is 6.07 Å². The minimum atomic E-state index is 0.650. The number of aryl methyl sites for hydroxylation is 1. The maximum absolute atomic E-state index is 2.33. The van der Waals surface area contributed by atoms with E-state index in [2.05, 4.69) is 45.4 Å². The Morgan fingerprint density at radius 1 is 1.42 bits per heavy atom. The molecule has 1 aromatic heterocycles. The molecule has 1 nitrogen and oxygen atoms in total. The van der Waals surface area contributed by atoms with Crippen molar-refractivity contribution in [3.8, 4) is 0 Å². The molecule has 0 amide bonds. The van der Waals surface area contributed by atoms with Gasteiger partial charge >= 0.3 is 0 Å². The van der Waals surface area contributed by atoms with E-state index in [1.807, 2.05) is 0 Å². The van der Waals surface area contributed by atoms with Gasteiger partial charge in [0.05, 0.1) is 0 Å². The second-order valence-corrected chi connectivity index (χ2v) is 3.74. The van der Waals surface area contributed by atoms with E-state index in [0.29, 0.717) is 5.92 Å². The van der Waals surface area contributed by atoms with Crippen LogP contribution in [0.1, 0.15) is 43.6 Å². The molecular formula is C11H19N. The molecule has 0 unspecified atom stereocenters. The lowest BCUT2D eigenvalue weighted by Gasteiger charge is -2.04. The maximum atomic E-state index is 2.33. The van der Waals surface area contributed by atoms with Crippen LogP contribution in [0.3, 0.4) is 0 Å². The van der Waals surface area contributed by atoms with E-state index < -0.39 is 0 Å². The molecule has 0 aliphatic rings. The first kappa shape index (κ1) is 9.37. The van der Waals surface area contributed by atoms with Gasteiger partial charge in [0, 0.05) is 18.4 Å². The summed E-state index contributed by atoms with van der Waals surface area (Å²) in [6.07, 6.45) is 1.13. The van der Waals surface area contributed by atoms with E-state index in [0.717, 1.165) is 6.42 Å². The summed E-state index contributed by atoms with van der Waals surface area (Å²) >= 11 is 0. The summed E-state index contributed by atoms with van der Waals surface area (Å²) in [6.45, 7) is 8.91. The highest BCUT2D eigenvalue weighted by atomic mass is 15.0. The van der Waals surface area contributed by atoms with Gasteiger partial charge in [0.1, 0.15) is 0 Å². The smallest absolute Gasteiger partial charge is 0.0178 e. The SMILES string of the molecule is CCc1cc(C(C)C)c(C)n1C. The molecule has 0 aliphatic heterocycles. The fourth-order valence-electron chi connectivity index (χ4n) is 1.71. The first-order chi connectivity index (χ1) is 5.57. The van der Waals surface area contributed by atoms with Crippen molar-refractivity contribution in [3.05, 3.63) is 23.0 Å². The molecule has 0 radical (unpaired) electrons.